The lowest BCUT2D eigenvalue weighted by Crippen LogP contribution is -2.21. The molecule has 0 radical (unpaired) electrons. The van der Waals surface area contributed by atoms with E-state index >= 15 is 0 Å². The number of nitrogens with zero attached hydrogens (tertiary/aromatic N) is 6. The van der Waals surface area contributed by atoms with E-state index in [1.807, 2.05) is 30.3 Å². The van der Waals surface area contributed by atoms with E-state index in [0.717, 1.165) is 29.5 Å². The summed E-state index contributed by atoms with van der Waals surface area (Å²) in [5.41, 5.74) is 2.45. The number of fused-ring (bicyclic) bond motifs is 1. The van der Waals surface area contributed by atoms with E-state index in [4.69, 9.17) is 4.98 Å². The van der Waals surface area contributed by atoms with Crippen molar-refractivity contribution < 1.29 is 4.92 Å². The smallest absolute Gasteiger partial charge is 0.270 e. The summed E-state index contributed by atoms with van der Waals surface area (Å²) in [5, 5.41) is 21.8. The molecular weight excluding hydrogens is 420 g/mol. The summed E-state index contributed by atoms with van der Waals surface area (Å²) in [4.78, 5) is 22.0. The van der Waals surface area contributed by atoms with E-state index in [1.54, 1.807) is 6.07 Å². The van der Waals surface area contributed by atoms with E-state index < -0.39 is 4.92 Å². The van der Waals surface area contributed by atoms with Crippen LogP contribution in [0.3, 0.4) is 0 Å². The highest BCUT2D eigenvalue weighted by Gasteiger charge is 2.17. The number of aromatic nitrogens is 2. The number of anilines is 1. The first-order valence-electron chi connectivity index (χ1n) is 9.37. The molecule has 0 amide bonds. The predicted octanol–water partition coefficient (Wildman–Crippen LogP) is 6.59. The van der Waals surface area contributed by atoms with Gasteiger partial charge in [-0.3, -0.25) is 10.1 Å². The summed E-state index contributed by atoms with van der Waals surface area (Å²) >= 11 is 2.76. The van der Waals surface area contributed by atoms with E-state index in [2.05, 4.69) is 34.0 Å². The topological polar surface area (TPSA) is 96.9 Å². The molecule has 0 aliphatic rings. The molecule has 0 fully saturated rings. The molecule has 2 aromatic carbocycles. The molecule has 0 bridgehead atoms. The number of nitro benzene ring substituents is 1. The molecule has 0 spiro atoms. The zero-order valence-electron chi connectivity index (χ0n) is 16.3. The minimum absolute atomic E-state index is 0.0346. The van der Waals surface area contributed by atoms with Gasteiger partial charge in [-0.2, -0.15) is 0 Å². The first kappa shape index (κ1) is 20.0. The largest absolute Gasteiger partial charge is 0.349 e. The second kappa shape index (κ2) is 8.64. The Balaban J connectivity index is 1.71. The molecule has 0 aliphatic carbocycles. The molecule has 4 rings (SSSR count). The first-order chi connectivity index (χ1) is 14.6. The number of azo groups is 1. The van der Waals surface area contributed by atoms with E-state index in [0.29, 0.717) is 20.3 Å². The Morgan fingerprint density at radius 3 is 2.50 bits per heavy atom. The molecule has 0 saturated heterocycles. The molecule has 0 saturated carbocycles. The van der Waals surface area contributed by atoms with Crippen molar-refractivity contribution in [3.63, 3.8) is 0 Å². The predicted molar refractivity (Wildman–Crippen MR) is 122 cm³/mol. The summed E-state index contributed by atoms with van der Waals surface area (Å²) in [6.45, 7) is 5.89. The maximum atomic E-state index is 11.0. The maximum Gasteiger partial charge on any atom is 0.270 e. The van der Waals surface area contributed by atoms with Crippen molar-refractivity contribution in [2.24, 2.45) is 10.2 Å². The first-order valence-corrected chi connectivity index (χ1v) is 11.0. The molecule has 0 N–H and O–H groups in total. The number of thiazole rings is 2. The molecule has 0 aliphatic heterocycles. The SMILES string of the molecule is CCN(CC)c1nc(-c2ccccc2)c(/N=N/c2nc3ccc([N+](=O)[O-])cc3s2)s1. The van der Waals surface area contributed by atoms with Gasteiger partial charge in [0.15, 0.2) is 10.1 Å². The van der Waals surface area contributed by atoms with Crippen molar-refractivity contribution >= 4 is 53.8 Å². The average Bonchev–Trinajstić information content (AvgIpc) is 3.37. The quantitative estimate of drug-likeness (QED) is 0.184. The van der Waals surface area contributed by atoms with E-state index in [-0.39, 0.29) is 5.69 Å². The highest BCUT2D eigenvalue weighted by atomic mass is 32.1. The second-order valence-corrected chi connectivity index (χ2v) is 8.26. The molecule has 2 heterocycles. The Hall–Kier alpha value is -3.24. The van der Waals surface area contributed by atoms with Gasteiger partial charge in [0.05, 0.1) is 15.1 Å². The lowest BCUT2D eigenvalue weighted by molar-refractivity contribution is -0.384. The fourth-order valence-electron chi connectivity index (χ4n) is 2.93. The van der Waals surface area contributed by atoms with Crippen LogP contribution in [0.4, 0.5) is 21.0 Å². The zero-order chi connectivity index (χ0) is 21.1. The van der Waals surface area contributed by atoms with Gasteiger partial charge in [0.1, 0.15) is 5.69 Å². The third-order valence-electron chi connectivity index (χ3n) is 4.48. The van der Waals surface area contributed by atoms with Crippen LogP contribution in [0.25, 0.3) is 21.5 Å². The van der Waals surface area contributed by atoms with Crippen LogP contribution >= 0.6 is 22.7 Å². The van der Waals surface area contributed by atoms with Crippen LogP contribution in [0.2, 0.25) is 0 Å². The Bertz CT molecular complexity index is 1210. The lowest BCUT2D eigenvalue weighted by Gasteiger charge is -2.16. The molecule has 8 nitrogen and oxygen atoms in total. The number of benzene rings is 2. The van der Waals surface area contributed by atoms with Crippen molar-refractivity contribution in [2.75, 3.05) is 18.0 Å². The Labute approximate surface area is 180 Å². The molecular formula is C20H18N6O2S2. The summed E-state index contributed by atoms with van der Waals surface area (Å²) < 4.78 is 0.703. The molecule has 30 heavy (non-hydrogen) atoms. The summed E-state index contributed by atoms with van der Waals surface area (Å²) in [6.07, 6.45) is 0. The number of nitro groups is 1. The molecule has 0 unspecified atom stereocenters. The minimum atomic E-state index is -0.418. The number of hydrogen-bond acceptors (Lipinski definition) is 9. The Morgan fingerprint density at radius 1 is 1.03 bits per heavy atom. The van der Waals surface area contributed by atoms with Crippen LogP contribution in [-0.2, 0) is 0 Å². The van der Waals surface area contributed by atoms with Gasteiger partial charge in [0.2, 0.25) is 5.13 Å². The highest BCUT2D eigenvalue weighted by Crippen LogP contribution is 2.41. The minimum Gasteiger partial charge on any atom is -0.349 e. The second-order valence-electron chi connectivity index (χ2n) is 6.29. The molecule has 0 atom stereocenters. The van der Waals surface area contributed by atoms with Crippen LogP contribution in [-0.4, -0.2) is 28.0 Å². The number of hydrogen-bond donors (Lipinski definition) is 0. The molecule has 10 heteroatoms. The van der Waals surface area contributed by atoms with Gasteiger partial charge in [0, 0.05) is 30.8 Å². The van der Waals surface area contributed by atoms with Crippen LogP contribution in [0.1, 0.15) is 13.8 Å². The van der Waals surface area contributed by atoms with Gasteiger partial charge >= 0.3 is 0 Å². The molecule has 4 aromatic rings. The third-order valence-corrected chi connectivity index (χ3v) is 6.38. The van der Waals surface area contributed by atoms with Gasteiger partial charge in [0.25, 0.3) is 5.69 Å². The van der Waals surface area contributed by atoms with Crippen LogP contribution < -0.4 is 4.90 Å². The third kappa shape index (κ3) is 4.05. The number of non-ortho nitro benzene ring substituents is 1. The van der Waals surface area contributed by atoms with Gasteiger partial charge in [-0.1, -0.05) is 53.0 Å². The van der Waals surface area contributed by atoms with Crippen molar-refractivity contribution in [3.8, 4) is 11.3 Å². The number of rotatable bonds is 7. The normalized spacial score (nSPS) is 11.4. The highest BCUT2D eigenvalue weighted by molar-refractivity contribution is 7.22. The summed E-state index contributed by atoms with van der Waals surface area (Å²) in [6, 6.07) is 14.5. The van der Waals surface area contributed by atoms with Gasteiger partial charge < -0.3 is 4.90 Å². The molecule has 2 aromatic heterocycles. The molecule has 152 valence electrons. The average molecular weight is 439 g/mol. The van der Waals surface area contributed by atoms with Crippen LogP contribution in [0.5, 0.6) is 0 Å². The van der Waals surface area contributed by atoms with Crippen molar-refractivity contribution in [1.29, 1.82) is 0 Å². The van der Waals surface area contributed by atoms with Gasteiger partial charge in [-0.05, 0) is 19.9 Å². The van der Waals surface area contributed by atoms with Gasteiger partial charge in [-0.25, -0.2) is 9.97 Å². The monoisotopic (exact) mass is 438 g/mol. The standard InChI is InChI=1S/C20H18N6O2S2/c1-3-25(4-2)20-22-17(13-8-6-5-7-9-13)18(30-20)23-24-19-21-15-11-10-14(26(27)28)12-16(15)29-19/h5-12H,3-4H2,1-2H3/b24-23+. The Kier molecular flexibility index (Phi) is 5.77. The fraction of sp³-hybridized carbons (Fsp3) is 0.200. The summed E-state index contributed by atoms with van der Waals surface area (Å²) in [7, 11) is 0. The fourth-order valence-corrected chi connectivity index (χ4v) is 4.79. The van der Waals surface area contributed by atoms with Crippen LogP contribution in [0.15, 0.2) is 58.8 Å². The van der Waals surface area contributed by atoms with Crippen molar-refractivity contribution in [2.45, 2.75) is 13.8 Å². The zero-order valence-corrected chi connectivity index (χ0v) is 18.0. The lowest BCUT2D eigenvalue weighted by atomic mass is 10.2. The van der Waals surface area contributed by atoms with E-state index in [1.165, 1.54) is 34.8 Å². The van der Waals surface area contributed by atoms with E-state index in [9.17, 15) is 10.1 Å². The van der Waals surface area contributed by atoms with Crippen LogP contribution in [0, 0.1) is 10.1 Å². The maximum absolute atomic E-state index is 11.0. The van der Waals surface area contributed by atoms with Crippen molar-refractivity contribution in [3.05, 3.63) is 58.6 Å². The summed E-state index contributed by atoms with van der Waals surface area (Å²) in [5.74, 6) is 0. The van der Waals surface area contributed by atoms with Crippen molar-refractivity contribution in [1.82, 2.24) is 9.97 Å². The van der Waals surface area contributed by atoms with Gasteiger partial charge in [-0.15, -0.1) is 10.2 Å². The Morgan fingerprint density at radius 2 is 1.80 bits per heavy atom.